The Labute approximate surface area is 117 Å². The van der Waals surface area contributed by atoms with Crippen LogP contribution < -0.4 is 16.4 Å². The summed E-state index contributed by atoms with van der Waals surface area (Å²) in [6.45, 7) is 1.000. The average Bonchev–Trinajstić information content (AvgIpc) is 2.93. The van der Waals surface area contributed by atoms with E-state index in [9.17, 15) is 19.2 Å². The first-order valence-electron chi connectivity index (χ1n) is 5.62. The molecule has 0 aliphatic carbocycles. The molecule has 6 amide bonds. The van der Waals surface area contributed by atoms with Gasteiger partial charge in [0.05, 0.1) is 0 Å². The van der Waals surface area contributed by atoms with Crippen molar-refractivity contribution in [2.24, 2.45) is 5.73 Å². The van der Waals surface area contributed by atoms with Gasteiger partial charge in [0.2, 0.25) is 5.91 Å². The van der Waals surface area contributed by atoms with Crippen LogP contribution in [0.2, 0.25) is 0 Å². The molecule has 1 fully saturated rings. The number of amides is 6. The maximum Gasteiger partial charge on any atom is 0.325 e. The molecule has 1 saturated heterocycles. The van der Waals surface area contributed by atoms with Crippen molar-refractivity contribution in [1.29, 1.82) is 0 Å². The summed E-state index contributed by atoms with van der Waals surface area (Å²) in [5.41, 5.74) is 3.60. The van der Waals surface area contributed by atoms with Crippen molar-refractivity contribution in [3.05, 3.63) is 22.4 Å². The van der Waals surface area contributed by atoms with E-state index in [2.05, 4.69) is 5.32 Å². The third-order valence-electron chi connectivity index (χ3n) is 2.85. The Balaban J connectivity index is 2.17. The number of carbonyl (C=O) groups excluding carboxylic acids is 4. The molecule has 0 spiro atoms. The number of primary amides is 1. The molecule has 0 aromatic carbocycles. The van der Waals surface area contributed by atoms with Crippen molar-refractivity contribution < 1.29 is 19.2 Å². The fourth-order valence-corrected chi connectivity index (χ4v) is 2.73. The number of carbonyl (C=O) groups is 4. The smallest absolute Gasteiger partial charge is 0.325 e. The number of nitrogens with zero attached hydrogens (tertiary/aromatic N) is 1. The molecule has 1 atom stereocenters. The van der Waals surface area contributed by atoms with E-state index in [1.165, 1.54) is 11.3 Å². The highest BCUT2D eigenvalue weighted by molar-refractivity contribution is 7.10. The van der Waals surface area contributed by atoms with Crippen LogP contribution >= 0.6 is 11.3 Å². The molecule has 2 heterocycles. The van der Waals surface area contributed by atoms with E-state index in [-0.39, 0.29) is 0 Å². The van der Waals surface area contributed by atoms with E-state index < -0.39 is 36.0 Å². The first-order chi connectivity index (χ1) is 9.34. The lowest BCUT2D eigenvalue weighted by atomic mass is 10.0. The Hall–Kier alpha value is -2.42. The van der Waals surface area contributed by atoms with E-state index in [0.29, 0.717) is 4.88 Å². The number of hydrogen-bond acceptors (Lipinski definition) is 5. The molecular formula is C11H12N4O4S. The summed E-state index contributed by atoms with van der Waals surface area (Å²) in [6, 6.07) is 1.75. The lowest BCUT2D eigenvalue weighted by Gasteiger charge is -2.19. The molecule has 20 heavy (non-hydrogen) atoms. The second-order valence-electron chi connectivity index (χ2n) is 4.34. The molecule has 2 rings (SSSR count). The molecular weight excluding hydrogens is 284 g/mol. The van der Waals surface area contributed by atoms with Gasteiger partial charge in [0.25, 0.3) is 5.91 Å². The number of thiophene rings is 1. The summed E-state index contributed by atoms with van der Waals surface area (Å²) in [7, 11) is 0. The topological polar surface area (TPSA) is 122 Å². The van der Waals surface area contributed by atoms with Gasteiger partial charge < -0.3 is 11.1 Å². The number of rotatable bonds is 3. The molecule has 106 valence electrons. The fourth-order valence-electron chi connectivity index (χ4n) is 1.89. The number of nitrogens with two attached hydrogens (primary N) is 1. The van der Waals surface area contributed by atoms with Crippen LogP contribution in [0.3, 0.4) is 0 Å². The molecule has 1 aliphatic heterocycles. The second kappa shape index (κ2) is 4.93. The van der Waals surface area contributed by atoms with E-state index >= 15 is 0 Å². The maximum atomic E-state index is 12.3. The largest absolute Gasteiger partial charge is 0.351 e. The number of urea groups is 2. The summed E-state index contributed by atoms with van der Waals surface area (Å²) >= 11 is 1.32. The normalized spacial score (nSPS) is 21.8. The molecule has 9 heteroatoms. The molecule has 1 aromatic heterocycles. The van der Waals surface area contributed by atoms with Gasteiger partial charge in [0.15, 0.2) is 5.54 Å². The summed E-state index contributed by atoms with van der Waals surface area (Å²) in [5, 5.41) is 6.12. The SMILES string of the molecule is CC1(c2cccs2)NC(=O)N(CC(=O)NC(N)=O)C1=O. The summed E-state index contributed by atoms with van der Waals surface area (Å²) in [4.78, 5) is 47.5. The lowest BCUT2D eigenvalue weighted by molar-refractivity contribution is -0.134. The van der Waals surface area contributed by atoms with Crippen molar-refractivity contribution in [1.82, 2.24) is 15.5 Å². The van der Waals surface area contributed by atoms with Crippen LogP contribution in [-0.2, 0) is 15.1 Å². The highest BCUT2D eigenvalue weighted by atomic mass is 32.1. The van der Waals surface area contributed by atoms with Gasteiger partial charge in [-0.2, -0.15) is 0 Å². The van der Waals surface area contributed by atoms with Crippen LogP contribution in [-0.4, -0.2) is 35.3 Å². The summed E-state index contributed by atoms with van der Waals surface area (Å²) in [5.74, 6) is -1.37. The van der Waals surface area contributed by atoms with Crippen LogP contribution in [0.4, 0.5) is 9.59 Å². The fraction of sp³-hybridized carbons (Fsp3) is 0.273. The predicted octanol–water partition coefficient (Wildman–Crippen LogP) is -0.290. The van der Waals surface area contributed by atoms with Gasteiger partial charge in [-0.15, -0.1) is 11.3 Å². The first kappa shape index (κ1) is 14.0. The van der Waals surface area contributed by atoms with Gasteiger partial charge in [-0.1, -0.05) is 6.07 Å². The molecule has 1 aromatic rings. The van der Waals surface area contributed by atoms with Crippen molar-refractivity contribution in [2.75, 3.05) is 6.54 Å². The van der Waals surface area contributed by atoms with Crippen molar-refractivity contribution >= 4 is 35.2 Å². The zero-order chi connectivity index (χ0) is 14.9. The van der Waals surface area contributed by atoms with Crippen molar-refractivity contribution in [3.8, 4) is 0 Å². The van der Waals surface area contributed by atoms with Gasteiger partial charge in [0.1, 0.15) is 6.54 Å². The third-order valence-corrected chi connectivity index (χ3v) is 3.94. The van der Waals surface area contributed by atoms with Gasteiger partial charge >= 0.3 is 12.1 Å². The van der Waals surface area contributed by atoms with Gasteiger partial charge in [-0.05, 0) is 18.4 Å². The van der Waals surface area contributed by atoms with Crippen LogP contribution in [0.15, 0.2) is 17.5 Å². The number of hydrogen-bond donors (Lipinski definition) is 3. The summed E-state index contributed by atoms with van der Waals surface area (Å²) in [6.07, 6.45) is 0. The van der Waals surface area contributed by atoms with Crippen LogP contribution in [0, 0.1) is 0 Å². The van der Waals surface area contributed by atoms with Crippen molar-refractivity contribution in [2.45, 2.75) is 12.5 Å². The predicted molar refractivity (Wildman–Crippen MR) is 69.6 cm³/mol. The quantitative estimate of drug-likeness (QED) is 0.663. The second-order valence-corrected chi connectivity index (χ2v) is 5.28. The van der Waals surface area contributed by atoms with Gasteiger partial charge in [0, 0.05) is 4.88 Å². The number of imide groups is 2. The highest BCUT2D eigenvalue weighted by Crippen LogP contribution is 2.31. The molecule has 1 unspecified atom stereocenters. The Kier molecular flexibility index (Phi) is 3.45. The molecule has 0 radical (unpaired) electrons. The monoisotopic (exact) mass is 296 g/mol. The van der Waals surface area contributed by atoms with E-state index in [0.717, 1.165) is 4.90 Å². The van der Waals surface area contributed by atoms with Crippen LogP contribution in [0.5, 0.6) is 0 Å². The first-order valence-corrected chi connectivity index (χ1v) is 6.50. The number of nitrogens with one attached hydrogen (secondary N) is 2. The zero-order valence-corrected chi connectivity index (χ0v) is 11.3. The Morgan fingerprint density at radius 3 is 2.75 bits per heavy atom. The minimum Gasteiger partial charge on any atom is -0.351 e. The molecule has 0 saturated carbocycles. The molecule has 1 aliphatic rings. The lowest BCUT2D eigenvalue weighted by Crippen LogP contribution is -2.45. The minimum atomic E-state index is -1.20. The Morgan fingerprint density at radius 1 is 1.50 bits per heavy atom. The van der Waals surface area contributed by atoms with E-state index in [1.54, 1.807) is 29.8 Å². The zero-order valence-electron chi connectivity index (χ0n) is 10.5. The minimum absolute atomic E-state index is 0.551. The standard InChI is InChI=1S/C11H12N4O4S/c1-11(6-3-2-4-20-6)8(17)15(10(19)14-11)5-7(16)13-9(12)18/h2-4H,5H2,1H3,(H,14,19)(H3,12,13,16,18). The third kappa shape index (κ3) is 2.35. The highest BCUT2D eigenvalue weighted by Gasteiger charge is 2.50. The van der Waals surface area contributed by atoms with E-state index in [4.69, 9.17) is 5.73 Å². The summed E-state index contributed by atoms with van der Waals surface area (Å²) < 4.78 is 0. The molecule has 0 bridgehead atoms. The maximum absolute atomic E-state index is 12.3. The van der Waals surface area contributed by atoms with Crippen LogP contribution in [0.25, 0.3) is 0 Å². The average molecular weight is 296 g/mol. The Morgan fingerprint density at radius 2 is 2.20 bits per heavy atom. The molecule has 8 nitrogen and oxygen atoms in total. The Bertz CT molecular complexity index is 585. The van der Waals surface area contributed by atoms with E-state index in [1.807, 2.05) is 0 Å². The van der Waals surface area contributed by atoms with Gasteiger partial charge in [-0.25, -0.2) is 9.59 Å². The van der Waals surface area contributed by atoms with Crippen LogP contribution in [0.1, 0.15) is 11.8 Å². The van der Waals surface area contributed by atoms with Crippen molar-refractivity contribution in [3.63, 3.8) is 0 Å². The van der Waals surface area contributed by atoms with Gasteiger partial charge in [-0.3, -0.25) is 19.8 Å². The molecule has 4 N–H and O–H groups in total.